The van der Waals surface area contributed by atoms with E-state index in [1.807, 2.05) is 35.2 Å². The molecule has 0 spiro atoms. The molecule has 2 rings (SSSR count). The summed E-state index contributed by atoms with van der Waals surface area (Å²) >= 11 is 0. The minimum absolute atomic E-state index is 0.792. The molecule has 0 saturated carbocycles. The summed E-state index contributed by atoms with van der Waals surface area (Å²) in [5.41, 5.74) is 1.07. The average molecular weight is 215 g/mol. The standard InChI is InChI=1S/C13H17N3/c1-2-3-8-15-9-10-16(12-15)11-13-6-4-5-7-14-13/h4-7,9-10H,2-3,8,11H2,1H3. The zero-order valence-electron chi connectivity index (χ0n) is 9.63. The molecule has 0 saturated heterocycles. The highest BCUT2D eigenvalue weighted by molar-refractivity contribution is 5.01. The van der Waals surface area contributed by atoms with Crippen molar-refractivity contribution in [1.82, 2.24) is 9.55 Å². The van der Waals surface area contributed by atoms with E-state index in [-0.39, 0.29) is 0 Å². The van der Waals surface area contributed by atoms with Crippen molar-refractivity contribution in [3.05, 3.63) is 48.8 Å². The Morgan fingerprint density at radius 3 is 3.12 bits per heavy atom. The number of imidazole rings is 1. The van der Waals surface area contributed by atoms with Gasteiger partial charge < -0.3 is 9.13 Å². The van der Waals surface area contributed by atoms with E-state index in [9.17, 15) is 0 Å². The Hall–Kier alpha value is -1.64. The second kappa shape index (κ2) is 5.45. The summed E-state index contributed by atoms with van der Waals surface area (Å²) in [5.74, 6) is 0. The molecule has 16 heavy (non-hydrogen) atoms. The molecule has 2 aromatic rings. The van der Waals surface area contributed by atoms with Crippen molar-refractivity contribution in [3.8, 4) is 0 Å². The molecule has 0 aliphatic rings. The van der Waals surface area contributed by atoms with Crippen LogP contribution in [-0.4, -0.2) is 9.55 Å². The fourth-order valence-corrected chi connectivity index (χ4v) is 1.60. The van der Waals surface area contributed by atoms with Crippen LogP contribution in [0, 0.1) is 6.33 Å². The van der Waals surface area contributed by atoms with Crippen LogP contribution in [0.1, 0.15) is 25.5 Å². The quantitative estimate of drug-likeness (QED) is 0.551. The minimum atomic E-state index is 0.792. The predicted octanol–water partition coefficient (Wildman–Crippen LogP) is 1.82. The fourth-order valence-electron chi connectivity index (χ4n) is 1.60. The largest absolute Gasteiger partial charge is 0.351 e. The minimum Gasteiger partial charge on any atom is -0.351 e. The number of hydrogen-bond donors (Lipinski definition) is 0. The number of hydrogen-bond acceptors (Lipinski definition) is 1. The van der Waals surface area contributed by atoms with E-state index in [1.54, 1.807) is 0 Å². The van der Waals surface area contributed by atoms with Crippen LogP contribution in [0.4, 0.5) is 0 Å². The Kier molecular flexibility index (Phi) is 3.70. The molecule has 0 aliphatic heterocycles. The summed E-state index contributed by atoms with van der Waals surface area (Å²) in [6.07, 6.45) is 11.6. The number of pyridine rings is 1. The van der Waals surface area contributed by atoms with Crippen LogP contribution in [0.2, 0.25) is 0 Å². The summed E-state index contributed by atoms with van der Waals surface area (Å²) in [4.78, 5) is 4.30. The van der Waals surface area contributed by atoms with Gasteiger partial charge in [-0.15, -0.1) is 0 Å². The van der Waals surface area contributed by atoms with Crippen molar-refractivity contribution in [2.75, 3.05) is 0 Å². The summed E-state index contributed by atoms with van der Waals surface area (Å²) in [6, 6.07) is 5.98. The maximum absolute atomic E-state index is 4.30. The van der Waals surface area contributed by atoms with Gasteiger partial charge in [-0.3, -0.25) is 4.98 Å². The Labute approximate surface area is 96.4 Å². The van der Waals surface area contributed by atoms with Gasteiger partial charge in [0.25, 0.3) is 0 Å². The summed E-state index contributed by atoms with van der Waals surface area (Å²) < 4.78 is 4.14. The summed E-state index contributed by atoms with van der Waals surface area (Å²) in [7, 11) is 0. The monoisotopic (exact) mass is 215 g/mol. The molecular formula is C13H17N3. The molecule has 0 radical (unpaired) electrons. The Morgan fingerprint density at radius 2 is 2.38 bits per heavy atom. The first-order chi connectivity index (χ1) is 7.88. The topological polar surface area (TPSA) is 21.7 Å². The molecule has 0 amide bonds. The number of nitrogens with zero attached hydrogens (tertiary/aromatic N) is 3. The van der Waals surface area contributed by atoms with E-state index in [1.165, 1.54) is 12.8 Å². The lowest BCUT2D eigenvalue weighted by Crippen LogP contribution is -2.32. The van der Waals surface area contributed by atoms with Gasteiger partial charge in [0, 0.05) is 6.20 Å². The number of aromatic nitrogens is 3. The number of unbranched alkanes of at least 4 members (excludes halogenated alkanes) is 1. The van der Waals surface area contributed by atoms with E-state index < -0.39 is 0 Å². The number of rotatable bonds is 5. The normalized spacial score (nSPS) is 10.6. The highest BCUT2D eigenvalue weighted by Gasteiger charge is 1.98. The maximum atomic E-state index is 4.30. The lowest BCUT2D eigenvalue weighted by atomic mass is 10.3. The molecule has 0 atom stereocenters. The van der Waals surface area contributed by atoms with Gasteiger partial charge in [-0.2, -0.15) is 0 Å². The van der Waals surface area contributed by atoms with E-state index in [2.05, 4.69) is 29.0 Å². The highest BCUT2D eigenvalue weighted by Crippen LogP contribution is 1.95. The van der Waals surface area contributed by atoms with E-state index in [0.29, 0.717) is 0 Å². The Balaban J connectivity index is 1.97. The molecule has 3 nitrogen and oxygen atoms in total. The van der Waals surface area contributed by atoms with Crippen molar-refractivity contribution >= 4 is 0 Å². The van der Waals surface area contributed by atoms with Crippen molar-refractivity contribution in [3.63, 3.8) is 0 Å². The second-order valence-electron chi connectivity index (χ2n) is 3.89. The van der Waals surface area contributed by atoms with Gasteiger partial charge >= 0.3 is 0 Å². The molecule has 2 heterocycles. The van der Waals surface area contributed by atoms with Crippen LogP contribution < -0.4 is 4.57 Å². The van der Waals surface area contributed by atoms with Crippen LogP contribution in [0.15, 0.2) is 36.8 Å². The van der Waals surface area contributed by atoms with E-state index in [0.717, 1.165) is 18.8 Å². The third-order valence-electron chi connectivity index (χ3n) is 2.49. The molecule has 3 heteroatoms. The molecule has 0 bridgehead atoms. The lowest BCUT2D eigenvalue weighted by molar-refractivity contribution is -0.692. The van der Waals surface area contributed by atoms with Gasteiger partial charge in [0.05, 0.1) is 12.2 Å². The zero-order chi connectivity index (χ0) is 11.2. The van der Waals surface area contributed by atoms with Crippen molar-refractivity contribution in [2.24, 2.45) is 0 Å². The second-order valence-corrected chi connectivity index (χ2v) is 3.89. The third-order valence-corrected chi connectivity index (χ3v) is 2.49. The summed E-state index contributed by atoms with van der Waals surface area (Å²) in [6.45, 7) is 4.04. The smallest absolute Gasteiger partial charge is 0.204 e. The molecule has 2 aromatic heterocycles. The van der Waals surface area contributed by atoms with E-state index in [4.69, 9.17) is 0 Å². The third kappa shape index (κ3) is 2.92. The Bertz CT molecular complexity index is 420. The van der Waals surface area contributed by atoms with Crippen LogP contribution in [0.5, 0.6) is 0 Å². The van der Waals surface area contributed by atoms with E-state index >= 15 is 0 Å². The molecule has 0 N–H and O–H groups in total. The SMILES string of the molecule is CCCCn1[c-][n+](Cc2ccccn2)cc1. The molecule has 0 aromatic carbocycles. The van der Waals surface area contributed by atoms with Gasteiger partial charge in [0.2, 0.25) is 6.33 Å². The fraction of sp³-hybridized carbons (Fsp3) is 0.385. The zero-order valence-corrected chi connectivity index (χ0v) is 9.63. The van der Waals surface area contributed by atoms with Crippen LogP contribution >= 0.6 is 0 Å². The highest BCUT2D eigenvalue weighted by atomic mass is 15.1. The van der Waals surface area contributed by atoms with Crippen molar-refractivity contribution in [2.45, 2.75) is 32.9 Å². The first-order valence-corrected chi connectivity index (χ1v) is 5.76. The first-order valence-electron chi connectivity index (χ1n) is 5.76. The maximum Gasteiger partial charge on any atom is 0.204 e. The molecule has 0 aliphatic carbocycles. The van der Waals surface area contributed by atoms with Crippen LogP contribution in [0.25, 0.3) is 0 Å². The molecule has 0 fully saturated rings. The van der Waals surface area contributed by atoms with Crippen LogP contribution in [0.3, 0.4) is 0 Å². The van der Waals surface area contributed by atoms with Gasteiger partial charge in [0.1, 0.15) is 6.54 Å². The average Bonchev–Trinajstić information content (AvgIpc) is 2.75. The van der Waals surface area contributed by atoms with Crippen molar-refractivity contribution in [1.29, 1.82) is 0 Å². The first kappa shape index (κ1) is 10.9. The Morgan fingerprint density at radius 1 is 1.44 bits per heavy atom. The molecular weight excluding hydrogens is 198 g/mol. The van der Waals surface area contributed by atoms with Gasteiger partial charge in [0.15, 0.2) is 0 Å². The summed E-state index contributed by atoms with van der Waals surface area (Å²) in [5, 5.41) is 0. The number of aryl methyl sites for hydroxylation is 1. The van der Waals surface area contributed by atoms with Gasteiger partial charge in [-0.25, -0.2) is 0 Å². The molecule has 0 unspecified atom stereocenters. The van der Waals surface area contributed by atoms with Gasteiger partial charge in [-0.05, 0) is 30.9 Å². The van der Waals surface area contributed by atoms with Crippen LogP contribution in [-0.2, 0) is 13.1 Å². The van der Waals surface area contributed by atoms with Crippen molar-refractivity contribution < 1.29 is 4.57 Å². The van der Waals surface area contributed by atoms with Gasteiger partial charge in [-0.1, -0.05) is 19.4 Å². The molecule has 84 valence electrons. The lowest BCUT2D eigenvalue weighted by Gasteiger charge is -2.00. The predicted molar refractivity (Wildman–Crippen MR) is 61.7 cm³/mol.